The van der Waals surface area contributed by atoms with Crippen LogP contribution in [0.4, 0.5) is 0 Å². The van der Waals surface area contributed by atoms with Crippen molar-refractivity contribution >= 4 is 23.9 Å². The Kier molecular flexibility index (Phi) is 44.1. The van der Waals surface area contributed by atoms with Gasteiger partial charge in [0.15, 0.2) is 24.6 Å². The molecule has 0 spiro atoms. The van der Waals surface area contributed by atoms with Gasteiger partial charge in [0, 0.05) is 19.3 Å². The molecule has 1 saturated heterocycles. The van der Waals surface area contributed by atoms with Crippen LogP contribution in [0.25, 0.3) is 0 Å². The first kappa shape index (κ1) is 65.7. The molecule has 0 aromatic rings. The van der Waals surface area contributed by atoms with E-state index >= 15 is 0 Å². The summed E-state index contributed by atoms with van der Waals surface area (Å²) in [6, 6.07) is 0. The van der Waals surface area contributed by atoms with Gasteiger partial charge in [-0.3, -0.25) is 14.4 Å². The van der Waals surface area contributed by atoms with E-state index in [9.17, 15) is 34.5 Å². The minimum absolute atomic E-state index is 0.0585. The lowest BCUT2D eigenvalue weighted by Crippen LogP contribution is -2.61. The van der Waals surface area contributed by atoms with E-state index in [1.54, 1.807) is 0 Å². The number of unbranched alkanes of at least 4 members (excludes halogenated alkanes) is 26. The topological polar surface area (TPSA) is 175 Å². The van der Waals surface area contributed by atoms with Crippen LogP contribution in [0.15, 0.2) is 48.6 Å². The lowest BCUT2D eigenvalue weighted by atomic mass is 9.98. The van der Waals surface area contributed by atoms with Gasteiger partial charge in [0.2, 0.25) is 0 Å². The van der Waals surface area contributed by atoms with Crippen LogP contribution in [0, 0.1) is 0 Å². The molecule has 1 fully saturated rings. The highest BCUT2D eigenvalue weighted by Crippen LogP contribution is 2.26. The number of esters is 3. The molecule has 1 rings (SSSR count). The van der Waals surface area contributed by atoms with Crippen LogP contribution in [-0.2, 0) is 42.9 Å². The largest absolute Gasteiger partial charge is 0.479 e. The van der Waals surface area contributed by atoms with Gasteiger partial charge >= 0.3 is 23.9 Å². The molecular weight excluding hydrogens is 901 g/mol. The van der Waals surface area contributed by atoms with Crippen LogP contribution in [0.2, 0.25) is 0 Å². The number of allylic oxidation sites excluding steroid dienone is 8. The third kappa shape index (κ3) is 38.0. The van der Waals surface area contributed by atoms with Crippen LogP contribution < -0.4 is 0 Å². The van der Waals surface area contributed by atoms with E-state index in [-0.39, 0.29) is 25.9 Å². The number of ether oxygens (including phenoxy) is 5. The normalized spacial score (nSPS) is 18.8. The second kappa shape index (κ2) is 47.7. The summed E-state index contributed by atoms with van der Waals surface area (Å²) in [5.41, 5.74) is 0. The smallest absolute Gasteiger partial charge is 0.335 e. The van der Waals surface area contributed by atoms with Gasteiger partial charge in [-0.2, -0.15) is 0 Å². The summed E-state index contributed by atoms with van der Waals surface area (Å²) < 4.78 is 28.3. The number of rotatable bonds is 48. The zero-order valence-corrected chi connectivity index (χ0v) is 45.0. The number of hydrogen-bond acceptors (Lipinski definition) is 11. The van der Waals surface area contributed by atoms with E-state index in [0.717, 1.165) is 83.5 Å². The standard InChI is InChI=1S/C59H102O12/c1-4-7-10-13-16-19-21-23-24-25-26-27-28-30-31-34-36-39-42-45-51(60)67-48-50(69-52(61)46-43-40-38-35-32-29-22-20-17-14-11-8-5-2)49-68-59-57(55(64)54(63)56(71-59)58(65)66)70-53(62)47-44-41-37-33-18-15-12-9-6-3/h8,11,17,20,23-24,29,32,50,54-57,59,63-64H,4-7,9-10,12-16,18-19,21-22,25-28,30-31,33-49H2,1-3H3,(H,65,66)/b11-8-,20-17-,24-23-,32-29-. The van der Waals surface area contributed by atoms with Crippen molar-refractivity contribution in [2.75, 3.05) is 13.2 Å². The Labute approximate surface area is 431 Å². The average Bonchev–Trinajstić information content (AvgIpc) is 3.35. The van der Waals surface area contributed by atoms with Crippen molar-refractivity contribution in [3.63, 3.8) is 0 Å². The highest BCUT2D eigenvalue weighted by molar-refractivity contribution is 5.74. The van der Waals surface area contributed by atoms with Crippen LogP contribution in [0.3, 0.4) is 0 Å². The molecule has 6 unspecified atom stereocenters. The van der Waals surface area contributed by atoms with Gasteiger partial charge in [0.1, 0.15) is 18.8 Å². The summed E-state index contributed by atoms with van der Waals surface area (Å²) in [5.74, 6) is -3.15. The fourth-order valence-electron chi connectivity index (χ4n) is 8.49. The van der Waals surface area contributed by atoms with Gasteiger partial charge in [0.05, 0.1) is 6.61 Å². The van der Waals surface area contributed by atoms with Crippen LogP contribution in [0.5, 0.6) is 0 Å². The second-order valence-electron chi connectivity index (χ2n) is 19.5. The molecule has 0 amide bonds. The number of aliphatic carboxylic acids is 1. The fourth-order valence-corrected chi connectivity index (χ4v) is 8.49. The predicted octanol–water partition coefficient (Wildman–Crippen LogP) is 14.2. The number of carboxylic acids is 1. The van der Waals surface area contributed by atoms with Crippen molar-refractivity contribution in [1.82, 2.24) is 0 Å². The maximum Gasteiger partial charge on any atom is 0.335 e. The fraction of sp³-hybridized carbons (Fsp3) is 0.797. The van der Waals surface area contributed by atoms with Gasteiger partial charge < -0.3 is 39.0 Å². The van der Waals surface area contributed by atoms with Crippen LogP contribution in [-0.4, -0.2) is 89.2 Å². The lowest BCUT2D eigenvalue weighted by molar-refractivity contribution is -0.301. The summed E-state index contributed by atoms with van der Waals surface area (Å²) in [7, 11) is 0. The number of carboxylic acid groups (broad SMARTS) is 1. The van der Waals surface area contributed by atoms with Crippen molar-refractivity contribution in [3.05, 3.63) is 48.6 Å². The predicted molar refractivity (Wildman–Crippen MR) is 285 cm³/mol. The maximum absolute atomic E-state index is 13.1. The Morgan fingerprint density at radius 2 is 0.887 bits per heavy atom. The van der Waals surface area contributed by atoms with Crippen LogP contribution in [0.1, 0.15) is 252 Å². The maximum atomic E-state index is 13.1. The number of aliphatic hydroxyl groups is 2. The van der Waals surface area contributed by atoms with Gasteiger partial charge in [0.25, 0.3) is 0 Å². The average molecular weight is 1000 g/mol. The molecule has 1 aliphatic rings. The van der Waals surface area contributed by atoms with Gasteiger partial charge in [-0.1, -0.05) is 204 Å². The minimum atomic E-state index is -1.90. The number of hydrogen-bond donors (Lipinski definition) is 3. The van der Waals surface area contributed by atoms with E-state index in [2.05, 4.69) is 69.4 Å². The van der Waals surface area contributed by atoms with E-state index in [0.29, 0.717) is 19.3 Å². The quantitative estimate of drug-likeness (QED) is 0.0228. The number of aliphatic hydroxyl groups excluding tert-OH is 2. The molecule has 0 aromatic carbocycles. The highest BCUT2D eigenvalue weighted by atomic mass is 16.7. The summed E-state index contributed by atoms with van der Waals surface area (Å²) >= 11 is 0. The van der Waals surface area contributed by atoms with Crippen molar-refractivity contribution < 1.29 is 58.2 Å². The molecule has 1 heterocycles. The Morgan fingerprint density at radius 3 is 1.38 bits per heavy atom. The molecule has 12 nitrogen and oxygen atoms in total. The first-order valence-electron chi connectivity index (χ1n) is 28.6. The highest BCUT2D eigenvalue weighted by Gasteiger charge is 2.50. The molecule has 3 N–H and O–H groups in total. The molecule has 0 aromatic heterocycles. The molecule has 1 aliphatic heterocycles. The monoisotopic (exact) mass is 1000 g/mol. The first-order chi connectivity index (χ1) is 34.6. The summed E-state index contributed by atoms with van der Waals surface area (Å²) in [5, 5.41) is 31.3. The second-order valence-corrected chi connectivity index (χ2v) is 19.5. The van der Waals surface area contributed by atoms with E-state index in [1.165, 1.54) is 109 Å². The summed E-state index contributed by atoms with van der Waals surface area (Å²) in [6.45, 7) is 5.81. The molecule has 0 radical (unpaired) electrons. The van der Waals surface area contributed by atoms with Crippen LogP contribution >= 0.6 is 0 Å². The molecule has 0 bridgehead atoms. The Morgan fingerprint density at radius 1 is 0.479 bits per heavy atom. The molecule has 71 heavy (non-hydrogen) atoms. The van der Waals surface area contributed by atoms with E-state index in [1.807, 2.05) is 0 Å². The molecule has 12 heteroatoms. The summed E-state index contributed by atoms with van der Waals surface area (Å²) in [6.07, 6.45) is 44.0. The van der Waals surface area contributed by atoms with Gasteiger partial charge in [-0.05, 0) is 77.0 Å². The summed E-state index contributed by atoms with van der Waals surface area (Å²) in [4.78, 5) is 50.9. The Hall–Kier alpha value is -3.32. The molecule has 0 aliphatic carbocycles. The minimum Gasteiger partial charge on any atom is -0.479 e. The molecule has 410 valence electrons. The number of carbonyl (C=O) groups is 4. The molecular formula is C59H102O12. The molecule has 6 atom stereocenters. The zero-order chi connectivity index (χ0) is 51.8. The Bertz CT molecular complexity index is 1420. The van der Waals surface area contributed by atoms with Crippen molar-refractivity contribution in [2.24, 2.45) is 0 Å². The SMILES string of the molecule is CC/C=C\C/C=C\C/C=C\CCCCCC(=O)OC(COC(=O)CCCCCCCCCCC/C=C\CCCCCCCC)COC1OC(C(=O)O)C(O)C(O)C1OC(=O)CCCCCCCCCCC. The van der Waals surface area contributed by atoms with Gasteiger partial charge in [-0.15, -0.1) is 0 Å². The van der Waals surface area contributed by atoms with Crippen molar-refractivity contribution in [2.45, 2.75) is 289 Å². The van der Waals surface area contributed by atoms with Gasteiger partial charge in [-0.25, -0.2) is 4.79 Å². The lowest BCUT2D eigenvalue weighted by Gasteiger charge is -2.40. The third-order valence-electron chi connectivity index (χ3n) is 12.9. The third-order valence-corrected chi connectivity index (χ3v) is 12.9. The number of carbonyl (C=O) groups excluding carboxylic acids is 3. The first-order valence-corrected chi connectivity index (χ1v) is 28.6. The van der Waals surface area contributed by atoms with Crippen molar-refractivity contribution in [1.29, 1.82) is 0 Å². The van der Waals surface area contributed by atoms with E-state index < -0.39 is 67.3 Å². The van der Waals surface area contributed by atoms with E-state index in [4.69, 9.17) is 23.7 Å². The zero-order valence-electron chi connectivity index (χ0n) is 45.0. The molecule has 0 saturated carbocycles. The Balaban J connectivity index is 2.67. The van der Waals surface area contributed by atoms with Crippen molar-refractivity contribution in [3.8, 4) is 0 Å².